The Kier molecular flexibility index (Phi) is 4.11. The van der Waals surface area contributed by atoms with Crippen LogP contribution in [0, 0.1) is 0 Å². The quantitative estimate of drug-likeness (QED) is 0.693. The lowest BCUT2D eigenvalue weighted by atomic mass is 10.0. The second kappa shape index (κ2) is 5.38. The topological polar surface area (TPSA) is 17.1 Å². The van der Waals surface area contributed by atoms with E-state index < -0.39 is 0 Å². The van der Waals surface area contributed by atoms with Crippen LogP contribution >= 0.6 is 0 Å². The fourth-order valence-electron chi connectivity index (χ4n) is 1.28. The highest BCUT2D eigenvalue weighted by atomic mass is 16.1. The SMILES string of the molecule is C=Cc1ccc(CCC(=O)CC)cc1. The molecule has 0 spiro atoms. The summed E-state index contributed by atoms with van der Waals surface area (Å²) in [6.07, 6.45) is 3.97. The average Bonchev–Trinajstić information content (AvgIpc) is 2.26. The summed E-state index contributed by atoms with van der Waals surface area (Å²) < 4.78 is 0. The first-order valence-electron chi connectivity index (χ1n) is 4.99. The number of benzene rings is 1. The van der Waals surface area contributed by atoms with E-state index in [4.69, 9.17) is 0 Å². The first kappa shape index (κ1) is 10.7. The van der Waals surface area contributed by atoms with Crippen molar-refractivity contribution in [3.05, 3.63) is 42.0 Å². The Bertz CT molecular complexity index is 309. The standard InChI is InChI=1S/C13H16O/c1-3-11-5-7-12(8-6-11)9-10-13(14)4-2/h3,5-8H,1,4,9-10H2,2H3. The summed E-state index contributed by atoms with van der Waals surface area (Å²) in [5.74, 6) is 0.331. The van der Waals surface area contributed by atoms with Crippen molar-refractivity contribution in [2.75, 3.05) is 0 Å². The second-order valence-electron chi connectivity index (χ2n) is 3.34. The zero-order valence-corrected chi connectivity index (χ0v) is 8.62. The zero-order valence-electron chi connectivity index (χ0n) is 8.62. The van der Waals surface area contributed by atoms with E-state index in [1.54, 1.807) is 0 Å². The number of rotatable bonds is 5. The zero-order chi connectivity index (χ0) is 10.4. The Balaban J connectivity index is 2.51. The third-order valence-corrected chi connectivity index (χ3v) is 2.30. The van der Waals surface area contributed by atoms with Gasteiger partial charge in [0.2, 0.25) is 0 Å². The highest BCUT2D eigenvalue weighted by molar-refractivity contribution is 5.78. The molecule has 0 aliphatic rings. The van der Waals surface area contributed by atoms with Gasteiger partial charge in [0, 0.05) is 12.8 Å². The Morgan fingerprint density at radius 3 is 2.50 bits per heavy atom. The maximum absolute atomic E-state index is 11.1. The van der Waals surface area contributed by atoms with Crippen molar-refractivity contribution in [1.82, 2.24) is 0 Å². The molecule has 1 rings (SSSR count). The highest BCUT2D eigenvalue weighted by Crippen LogP contribution is 2.08. The Morgan fingerprint density at radius 1 is 1.36 bits per heavy atom. The molecular weight excluding hydrogens is 172 g/mol. The summed E-state index contributed by atoms with van der Waals surface area (Å²) in [6, 6.07) is 8.16. The molecule has 14 heavy (non-hydrogen) atoms. The Morgan fingerprint density at radius 2 is 2.00 bits per heavy atom. The molecule has 0 bridgehead atoms. The Labute approximate surface area is 85.5 Å². The average molecular weight is 188 g/mol. The maximum atomic E-state index is 11.1. The van der Waals surface area contributed by atoms with Crippen LogP contribution in [-0.4, -0.2) is 5.78 Å². The fraction of sp³-hybridized carbons (Fsp3) is 0.308. The molecule has 0 saturated carbocycles. The lowest BCUT2D eigenvalue weighted by Gasteiger charge is -2.00. The molecule has 1 heteroatoms. The molecule has 0 unspecified atom stereocenters. The number of carbonyl (C=O) groups excluding carboxylic acids is 1. The van der Waals surface area contributed by atoms with Crippen molar-refractivity contribution < 1.29 is 4.79 Å². The molecule has 74 valence electrons. The number of carbonyl (C=O) groups is 1. The molecule has 0 amide bonds. The maximum Gasteiger partial charge on any atom is 0.132 e. The van der Waals surface area contributed by atoms with E-state index in [0.29, 0.717) is 18.6 Å². The van der Waals surface area contributed by atoms with Gasteiger partial charge >= 0.3 is 0 Å². The van der Waals surface area contributed by atoms with Crippen molar-refractivity contribution in [3.63, 3.8) is 0 Å². The van der Waals surface area contributed by atoms with E-state index in [1.807, 2.05) is 25.1 Å². The van der Waals surface area contributed by atoms with Crippen molar-refractivity contribution in [1.29, 1.82) is 0 Å². The van der Waals surface area contributed by atoms with Crippen LogP contribution in [0.1, 0.15) is 30.9 Å². The molecule has 1 aromatic carbocycles. The van der Waals surface area contributed by atoms with Gasteiger partial charge in [0.15, 0.2) is 0 Å². The second-order valence-corrected chi connectivity index (χ2v) is 3.34. The van der Waals surface area contributed by atoms with E-state index in [0.717, 1.165) is 12.0 Å². The van der Waals surface area contributed by atoms with Gasteiger partial charge in [-0.3, -0.25) is 4.79 Å². The molecule has 0 fully saturated rings. The van der Waals surface area contributed by atoms with Crippen LogP contribution in [0.3, 0.4) is 0 Å². The monoisotopic (exact) mass is 188 g/mol. The van der Waals surface area contributed by atoms with E-state index in [9.17, 15) is 4.79 Å². The minimum absolute atomic E-state index is 0.331. The summed E-state index contributed by atoms with van der Waals surface area (Å²) in [4.78, 5) is 11.1. The minimum Gasteiger partial charge on any atom is -0.300 e. The van der Waals surface area contributed by atoms with Gasteiger partial charge in [0.05, 0.1) is 0 Å². The molecule has 0 aliphatic heterocycles. The molecule has 0 saturated heterocycles. The third kappa shape index (κ3) is 3.17. The molecule has 0 aliphatic carbocycles. The van der Waals surface area contributed by atoms with Crippen LogP contribution < -0.4 is 0 Å². The van der Waals surface area contributed by atoms with Gasteiger partial charge in [-0.15, -0.1) is 0 Å². The lowest BCUT2D eigenvalue weighted by Crippen LogP contribution is -1.97. The highest BCUT2D eigenvalue weighted by Gasteiger charge is 1.99. The largest absolute Gasteiger partial charge is 0.300 e. The van der Waals surface area contributed by atoms with Crippen LogP contribution in [0.25, 0.3) is 6.08 Å². The first-order valence-corrected chi connectivity index (χ1v) is 4.99. The lowest BCUT2D eigenvalue weighted by molar-refractivity contribution is -0.118. The van der Waals surface area contributed by atoms with Gasteiger partial charge < -0.3 is 0 Å². The van der Waals surface area contributed by atoms with Crippen LogP contribution in [0.2, 0.25) is 0 Å². The number of ketones is 1. The van der Waals surface area contributed by atoms with Crippen molar-refractivity contribution in [2.45, 2.75) is 26.2 Å². The summed E-state index contributed by atoms with van der Waals surface area (Å²) in [6.45, 7) is 5.60. The summed E-state index contributed by atoms with van der Waals surface area (Å²) >= 11 is 0. The number of aryl methyl sites for hydroxylation is 1. The fourth-order valence-corrected chi connectivity index (χ4v) is 1.28. The summed E-state index contributed by atoms with van der Waals surface area (Å²) in [7, 11) is 0. The third-order valence-electron chi connectivity index (χ3n) is 2.30. The van der Waals surface area contributed by atoms with Gasteiger partial charge in [-0.1, -0.05) is 43.8 Å². The number of hydrogen-bond acceptors (Lipinski definition) is 1. The van der Waals surface area contributed by atoms with Gasteiger partial charge in [-0.25, -0.2) is 0 Å². The van der Waals surface area contributed by atoms with E-state index in [2.05, 4.69) is 18.7 Å². The molecule has 1 aromatic rings. The van der Waals surface area contributed by atoms with Gasteiger partial charge in [-0.2, -0.15) is 0 Å². The predicted molar refractivity (Wildman–Crippen MR) is 60.2 cm³/mol. The molecule has 0 heterocycles. The van der Waals surface area contributed by atoms with E-state index in [-0.39, 0.29) is 0 Å². The predicted octanol–water partition coefficient (Wildman–Crippen LogP) is 3.24. The number of hydrogen-bond donors (Lipinski definition) is 0. The van der Waals surface area contributed by atoms with Crippen molar-refractivity contribution in [2.24, 2.45) is 0 Å². The van der Waals surface area contributed by atoms with Crippen LogP contribution in [0.15, 0.2) is 30.8 Å². The normalized spacial score (nSPS) is 9.79. The van der Waals surface area contributed by atoms with Crippen molar-refractivity contribution >= 4 is 11.9 Å². The number of Topliss-reactive ketones (excluding diaryl/α,β-unsaturated/α-hetero) is 1. The molecule has 1 nitrogen and oxygen atoms in total. The van der Waals surface area contributed by atoms with Gasteiger partial charge in [0.1, 0.15) is 5.78 Å². The van der Waals surface area contributed by atoms with E-state index in [1.165, 1.54) is 5.56 Å². The molecule has 0 N–H and O–H groups in total. The molecule has 0 aromatic heterocycles. The summed E-state index contributed by atoms with van der Waals surface area (Å²) in [5.41, 5.74) is 2.34. The van der Waals surface area contributed by atoms with Crippen molar-refractivity contribution in [3.8, 4) is 0 Å². The van der Waals surface area contributed by atoms with E-state index >= 15 is 0 Å². The summed E-state index contributed by atoms with van der Waals surface area (Å²) in [5, 5.41) is 0. The van der Waals surface area contributed by atoms with Crippen LogP contribution in [-0.2, 0) is 11.2 Å². The molecular formula is C13H16O. The van der Waals surface area contributed by atoms with Gasteiger partial charge in [-0.05, 0) is 17.5 Å². The molecule has 0 atom stereocenters. The van der Waals surface area contributed by atoms with Crippen LogP contribution in [0.5, 0.6) is 0 Å². The smallest absolute Gasteiger partial charge is 0.132 e. The Hall–Kier alpha value is -1.37. The molecule has 0 radical (unpaired) electrons. The van der Waals surface area contributed by atoms with Gasteiger partial charge in [0.25, 0.3) is 0 Å². The first-order chi connectivity index (χ1) is 6.76. The minimum atomic E-state index is 0.331. The van der Waals surface area contributed by atoms with Crippen LogP contribution in [0.4, 0.5) is 0 Å².